The monoisotopic (exact) mass is 912 g/mol. The van der Waals surface area contributed by atoms with Crippen molar-refractivity contribution in [3.8, 4) is 0 Å². The van der Waals surface area contributed by atoms with Crippen LogP contribution in [0.2, 0.25) is 0 Å². The van der Waals surface area contributed by atoms with Gasteiger partial charge in [0.25, 0.3) is 0 Å². The molecule has 0 aliphatic carbocycles. The molecule has 2 aromatic heterocycles. The van der Waals surface area contributed by atoms with Crippen molar-refractivity contribution in [1.29, 1.82) is 0 Å². The molecule has 308 valence electrons. The highest BCUT2D eigenvalue weighted by Gasteiger charge is 2.36. The highest BCUT2D eigenvalue weighted by molar-refractivity contribution is 6.67. The molecular weight excluding hydrogens is 876 g/mol. The van der Waals surface area contributed by atoms with Crippen LogP contribution in [-0.4, -0.2) is 47.0 Å². The van der Waals surface area contributed by atoms with Crippen molar-refractivity contribution in [2.75, 3.05) is 19.8 Å². The molecule has 0 spiro atoms. The van der Waals surface area contributed by atoms with E-state index in [2.05, 4.69) is 45.9 Å². The molecule has 0 bridgehead atoms. The summed E-state index contributed by atoms with van der Waals surface area (Å²) in [4.78, 5) is 33.5. The van der Waals surface area contributed by atoms with Gasteiger partial charge in [0, 0.05) is 45.7 Å². The van der Waals surface area contributed by atoms with Crippen LogP contribution >= 0.6 is 69.6 Å². The number of hydrogen-bond acceptors (Lipinski definition) is 9. The van der Waals surface area contributed by atoms with Gasteiger partial charge in [-0.25, -0.2) is 9.59 Å². The minimum absolute atomic E-state index is 0.135. The third-order valence-electron chi connectivity index (χ3n) is 7.77. The minimum Gasteiger partial charge on any atom is -0.871 e. The minimum atomic E-state index is -2.23. The average Bonchev–Trinajstić information content (AvgIpc) is 3.19. The van der Waals surface area contributed by atoms with E-state index in [-0.39, 0.29) is 23.4 Å². The second-order valence-corrected chi connectivity index (χ2v) is 16.0. The predicted octanol–water partition coefficient (Wildman–Crippen LogP) is 6.34. The van der Waals surface area contributed by atoms with Crippen LogP contribution in [0, 0.1) is 0 Å². The lowest BCUT2D eigenvalue weighted by molar-refractivity contribution is -0.892. The van der Waals surface area contributed by atoms with Crippen molar-refractivity contribution >= 4 is 88.9 Å². The number of nitrogens with zero attached hydrogens (tertiary/aromatic N) is 2. The van der Waals surface area contributed by atoms with Crippen LogP contribution in [0.15, 0.2) is 140 Å². The average molecular weight is 915 g/mol. The first-order valence-electron chi connectivity index (χ1n) is 17.6. The van der Waals surface area contributed by atoms with Crippen LogP contribution in [0.3, 0.4) is 0 Å². The van der Waals surface area contributed by atoms with Crippen molar-refractivity contribution in [3.05, 3.63) is 168 Å². The van der Waals surface area contributed by atoms with Crippen molar-refractivity contribution < 1.29 is 52.9 Å². The van der Waals surface area contributed by atoms with E-state index < -0.39 is 27.2 Å². The third kappa shape index (κ3) is 16.1. The molecule has 0 saturated heterocycles. The number of pyridine rings is 2. The standard InChI is InChI=1S/C22H21BO3.2C9H9Cl3NO3/c24-23(25)26-18-10-17-22(19-11-4-1-5-12-19,20-13-6-2-7-14-20)21-15-8-3-9-16-21;2*1-2-15-13-6-4-3-5-7(13)8(14)16-9(10,11)12/h1-9,11-16H,10,17-18H2;2*3-6H,2H2,1H3/q-2;2*+1. The number of ether oxygens (including phenoxy) is 2. The molecule has 5 aromatic rings. The van der Waals surface area contributed by atoms with E-state index in [9.17, 15) is 19.6 Å². The molecule has 0 atom stereocenters. The van der Waals surface area contributed by atoms with Gasteiger partial charge in [-0.3, -0.25) is 9.68 Å². The number of esters is 2. The van der Waals surface area contributed by atoms with E-state index in [0.29, 0.717) is 19.6 Å². The smallest absolute Gasteiger partial charge is 0.412 e. The first kappa shape index (κ1) is 48.6. The fourth-order valence-corrected chi connectivity index (χ4v) is 6.03. The molecule has 0 saturated carbocycles. The van der Waals surface area contributed by atoms with Crippen molar-refractivity contribution in [1.82, 2.24) is 0 Å². The summed E-state index contributed by atoms with van der Waals surface area (Å²) >= 11 is 32.1. The normalized spacial score (nSPS) is 11.1. The number of rotatable bonds is 14. The summed E-state index contributed by atoms with van der Waals surface area (Å²) in [5.41, 5.74) is 3.44. The van der Waals surface area contributed by atoms with E-state index in [1.165, 1.54) is 38.3 Å². The molecule has 2 heterocycles. The molecule has 0 N–H and O–H groups in total. The highest BCUT2D eigenvalue weighted by Crippen LogP contribution is 2.43. The molecule has 11 nitrogen and oxygen atoms in total. The Kier molecular flexibility index (Phi) is 20.4. The van der Waals surface area contributed by atoms with Gasteiger partial charge in [0.15, 0.2) is 13.2 Å². The summed E-state index contributed by atoms with van der Waals surface area (Å²) in [6.45, 7) is 4.51. The van der Waals surface area contributed by atoms with Crippen molar-refractivity contribution in [3.63, 3.8) is 0 Å². The van der Waals surface area contributed by atoms with Crippen LogP contribution in [0.4, 0.5) is 0 Å². The van der Waals surface area contributed by atoms with Gasteiger partial charge in [0.1, 0.15) is 0 Å². The Morgan fingerprint density at radius 3 is 1.22 bits per heavy atom. The van der Waals surface area contributed by atoms with Gasteiger partial charge in [0.2, 0.25) is 12.4 Å². The number of benzene rings is 3. The van der Waals surface area contributed by atoms with Gasteiger partial charge >= 0.3 is 31.3 Å². The molecule has 0 unspecified atom stereocenters. The lowest BCUT2D eigenvalue weighted by atomic mass is 9.67. The summed E-state index contributed by atoms with van der Waals surface area (Å²) < 4.78 is 12.2. The first-order chi connectivity index (χ1) is 27.6. The Morgan fingerprint density at radius 1 is 0.569 bits per heavy atom. The molecule has 0 radical (unpaired) electrons. The highest BCUT2D eigenvalue weighted by atomic mass is 35.6. The summed E-state index contributed by atoms with van der Waals surface area (Å²) in [5, 5.41) is 21.4. The Hall–Kier alpha value is -3.82. The predicted molar refractivity (Wildman–Crippen MR) is 219 cm³/mol. The summed E-state index contributed by atoms with van der Waals surface area (Å²) in [6, 6.07) is 40.7. The lowest BCUT2D eigenvalue weighted by Crippen LogP contribution is -2.48. The maximum Gasteiger partial charge on any atom is 0.412 e. The molecule has 0 fully saturated rings. The first-order valence-corrected chi connectivity index (χ1v) is 19.9. The second kappa shape index (κ2) is 24.3. The van der Waals surface area contributed by atoms with Gasteiger partial charge in [-0.2, -0.15) is 0 Å². The van der Waals surface area contributed by atoms with Gasteiger partial charge < -0.3 is 24.2 Å². The van der Waals surface area contributed by atoms with Crippen LogP contribution in [0.1, 0.15) is 64.4 Å². The molecule has 18 heteroatoms. The molecule has 0 aliphatic heterocycles. The molecule has 0 aliphatic rings. The van der Waals surface area contributed by atoms with Crippen LogP contribution in [0.25, 0.3) is 0 Å². The summed E-state index contributed by atoms with van der Waals surface area (Å²) in [7, 11) is -2.23. The number of halogens is 6. The fraction of sp³-hybridized carbons (Fsp3) is 0.250. The topological polar surface area (TPSA) is 134 Å². The van der Waals surface area contributed by atoms with Crippen LogP contribution in [-0.2, 0) is 19.5 Å². The zero-order valence-electron chi connectivity index (χ0n) is 31.2. The molecule has 58 heavy (non-hydrogen) atoms. The zero-order valence-corrected chi connectivity index (χ0v) is 35.8. The van der Waals surface area contributed by atoms with Crippen molar-refractivity contribution in [2.24, 2.45) is 0 Å². The largest absolute Gasteiger partial charge is 0.871 e. The number of hydrogen-bond donors (Lipinski definition) is 0. The number of carbonyl (C=O) groups excluding carboxylic acids is 2. The Labute approximate surface area is 367 Å². The van der Waals surface area contributed by atoms with E-state index in [4.69, 9.17) is 83.9 Å². The maximum absolute atomic E-state index is 11.6. The van der Waals surface area contributed by atoms with E-state index in [0.717, 1.165) is 6.42 Å². The fourth-order valence-electron chi connectivity index (χ4n) is 5.61. The number of carbonyl (C=O) groups is 2. The van der Waals surface area contributed by atoms with Gasteiger partial charge in [-0.05, 0) is 125 Å². The quantitative estimate of drug-likeness (QED) is 0.0313. The number of alkyl halides is 6. The zero-order chi connectivity index (χ0) is 42.6. The third-order valence-corrected chi connectivity index (χ3v) is 8.23. The SMILES string of the molecule is CCO[n+]1ccccc1C(=O)OC(Cl)(Cl)Cl.CCO[n+]1ccccc1C(=O)OC(Cl)(Cl)Cl.[O-]B([O-])OCCCC(c1ccccc1)(c1ccccc1)c1ccccc1. The van der Waals surface area contributed by atoms with Crippen LogP contribution in [0.5, 0.6) is 0 Å². The Morgan fingerprint density at radius 2 is 0.914 bits per heavy atom. The Balaban J connectivity index is 0.000000246. The summed E-state index contributed by atoms with van der Waals surface area (Å²) in [5.74, 6) is -1.57. The number of aromatic nitrogens is 2. The molecule has 3 aromatic carbocycles. The molecule has 0 amide bonds. The van der Waals surface area contributed by atoms with Gasteiger partial charge in [-0.15, -0.1) is 0 Å². The van der Waals surface area contributed by atoms with Gasteiger partial charge in [-0.1, -0.05) is 91.0 Å². The Bertz CT molecular complexity index is 1810. The molecular formula is C40H39BCl6N2O9. The summed E-state index contributed by atoms with van der Waals surface area (Å²) in [6.07, 6.45) is 4.45. The van der Waals surface area contributed by atoms with Crippen molar-refractivity contribution in [2.45, 2.75) is 40.1 Å². The van der Waals surface area contributed by atoms with E-state index in [1.807, 2.05) is 54.6 Å². The maximum atomic E-state index is 11.6. The van der Waals surface area contributed by atoms with E-state index >= 15 is 0 Å². The van der Waals surface area contributed by atoms with Gasteiger partial charge in [0.05, 0.1) is 7.32 Å². The molecule has 5 rings (SSSR count). The lowest BCUT2D eigenvalue weighted by Gasteiger charge is -2.37. The van der Waals surface area contributed by atoms with E-state index in [1.54, 1.807) is 50.5 Å². The van der Waals surface area contributed by atoms with Crippen LogP contribution < -0.4 is 29.2 Å². The second-order valence-electron chi connectivity index (χ2n) is 11.6.